The van der Waals surface area contributed by atoms with E-state index in [2.05, 4.69) is 15.4 Å². The molecule has 7 heteroatoms. The van der Waals surface area contributed by atoms with Crippen molar-refractivity contribution in [3.8, 4) is 0 Å². The Morgan fingerprint density at radius 1 is 1.17 bits per heavy atom. The van der Waals surface area contributed by atoms with E-state index in [-0.39, 0.29) is 16.8 Å². The summed E-state index contributed by atoms with van der Waals surface area (Å²) in [6, 6.07) is 3.22. The normalized spacial score (nSPS) is 9.44. The number of rotatable bonds is 3. The van der Waals surface area contributed by atoms with Gasteiger partial charge < -0.3 is 20.5 Å². The van der Waals surface area contributed by atoms with Crippen LogP contribution in [0, 0.1) is 0 Å². The van der Waals surface area contributed by atoms with Crippen LogP contribution in [0.5, 0.6) is 0 Å². The van der Waals surface area contributed by atoms with E-state index in [9.17, 15) is 14.4 Å². The number of benzene rings is 1. The van der Waals surface area contributed by atoms with Crippen LogP contribution in [0.1, 0.15) is 20.7 Å². The summed E-state index contributed by atoms with van der Waals surface area (Å²) in [7, 11) is 2.60. The van der Waals surface area contributed by atoms with Gasteiger partial charge in [-0.25, -0.2) is 14.4 Å². The number of anilines is 1. The lowest BCUT2D eigenvalue weighted by Crippen LogP contribution is -2.24. The Hall–Kier alpha value is -2.57. The zero-order valence-corrected chi connectivity index (χ0v) is 9.81. The van der Waals surface area contributed by atoms with Crippen LogP contribution in [0.3, 0.4) is 0 Å². The van der Waals surface area contributed by atoms with Gasteiger partial charge in [0.25, 0.3) is 0 Å². The number of esters is 1. The molecule has 0 spiro atoms. The summed E-state index contributed by atoms with van der Waals surface area (Å²) in [6.45, 7) is 0. The number of hydrogen-bond acceptors (Lipinski definition) is 4. The van der Waals surface area contributed by atoms with E-state index in [0.29, 0.717) is 0 Å². The average Bonchev–Trinajstić information content (AvgIpc) is 2.37. The maximum atomic E-state index is 11.4. The van der Waals surface area contributed by atoms with Crippen molar-refractivity contribution in [3.63, 3.8) is 0 Å². The predicted molar refractivity (Wildman–Crippen MR) is 62.8 cm³/mol. The number of amides is 2. The summed E-state index contributed by atoms with van der Waals surface area (Å²) in [5.41, 5.74) is 0.114. The Balaban J connectivity index is 3.17. The van der Waals surface area contributed by atoms with Gasteiger partial charge in [-0.15, -0.1) is 0 Å². The third kappa shape index (κ3) is 3.21. The number of carbonyl (C=O) groups excluding carboxylic acids is 2. The molecule has 0 aliphatic rings. The summed E-state index contributed by atoms with van der Waals surface area (Å²) in [5, 5.41) is 13.6. The van der Waals surface area contributed by atoms with E-state index in [1.807, 2.05) is 0 Å². The number of carboxylic acid groups (broad SMARTS) is 1. The summed E-state index contributed by atoms with van der Waals surface area (Å²) in [4.78, 5) is 33.4. The van der Waals surface area contributed by atoms with Gasteiger partial charge in [-0.3, -0.25) is 0 Å². The molecule has 1 rings (SSSR count). The Kier molecular flexibility index (Phi) is 4.25. The van der Waals surface area contributed by atoms with Crippen molar-refractivity contribution in [2.75, 3.05) is 19.5 Å². The topological polar surface area (TPSA) is 105 Å². The summed E-state index contributed by atoms with van der Waals surface area (Å²) >= 11 is 0. The van der Waals surface area contributed by atoms with Crippen molar-refractivity contribution in [2.24, 2.45) is 0 Å². The molecule has 0 aliphatic carbocycles. The zero-order chi connectivity index (χ0) is 13.7. The zero-order valence-electron chi connectivity index (χ0n) is 9.81. The third-order valence-electron chi connectivity index (χ3n) is 2.09. The Morgan fingerprint density at radius 2 is 1.78 bits per heavy atom. The molecule has 0 heterocycles. The molecule has 0 saturated heterocycles. The summed E-state index contributed by atoms with van der Waals surface area (Å²) in [6.07, 6.45) is 0. The monoisotopic (exact) mass is 252 g/mol. The van der Waals surface area contributed by atoms with Gasteiger partial charge in [-0.1, -0.05) is 0 Å². The van der Waals surface area contributed by atoms with Crippen molar-refractivity contribution in [3.05, 3.63) is 29.3 Å². The highest BCUT2D eigenvalue weighted by molar-refractivity contribution is 5.98. The number of aromatic carboxylic acids is 1. The molecule has 7 nitrogen and oxygen atoms in total. The molecule has 0 aliphatic heterocycles. The molecule has 1 aromatic carbocycles. The first kappa shape index (κ1) is 13.5. The lowest BCUT2D eigenvalue weighted by Gasteiger charge is -2.08. The minimum Gasteiger partial charge on any atom is -0.478 e. The van der Waals surface area contributed by atoms with Crippen LogP contribution in [0.15, 0.2) is 18.2 Å². The number of nitrogens with one attached hydrogen (secondary N) is 2. The first-order valence-electron chi connectivity index (χ1n) is 4.93. The molecule has 0 bridgehead atoms. The largest absolute Gasteiger partial charge is 0.478 e. The second-order valence-corrected chi connectivity index (χ2v) is 3.30. The minimum absolute atomic E-state index is 0.0452. The molecule has 0 saturated carbocycles. The van der Waals surface area contributed by atoms with E-state index in [1.165, 1.54) is 32.4 Å². The molecule has 0 unspecified atom stereocenters. The Labute approximate surface area is 103 Å². The van der Waals surface area contributed by atoms with Crippen LogP contribution < -0.4 is 10.6 Å². The lowest BCUT2D eigenvalue weighted by atomic mass is 10.1. The quantitative estimate of drug-likeness (QED) is 0.694. The SMILES string of the molecule is CNC(=O)Nc1cc(C(=O)O)cc(C(=O)OC)c1. The van der Waals surface area contributed by atoms with E-state index in [4.69, 9.17) is 5.11 Å². The molecule has 0 radical (unpaired) electrons. The highest BCUT2D eigenvalue weighted by Gasteiger charge is 2.13. The van der Waals surface area contributed by atoms with Crippen LogP contribution in [0.2, 0.25) is 0 Å². The maximum absolute atomic E-state index is 11.4. The van der Waals surface area contributed by atoms with Crippen molar-refractivity contribution in [1.82, 2.24) is 5.32 Å². The number of hydrogen-bond donors (Lipinski definition) is 3. The highest BCUT2D eigenvalue weighted by atomic mass is 16.5. The van der Waals surface area contributed by atoms with Crippen LogP contribution in [0.4, 0.5) is 10.5 Å². The van der Waals surface area contributed by atoms with Crippen molar-refractivity contribution in [1.29, 1.82) is 0 Å². The van der Waals surface area contributed by atoms with Crippen LogP contribution in [-0.2, 0) is 4.74 Å². The van der Waals surface area contributed by atoms with E-state index in [0.717, 1.165) is 0 Å². The van der Waals surface area contributed by atoms with Gasteiger partial charge in [0, 0.05) is 12.7 Å². The molecule has 0 atom stereocenters. The molecule has 0 fully saturated rings. The fraction of sp³-hybridized carbons (Fsp3) is 0.182. The number of methoxy groups -OCH3 is 1. The van der Waals surface area contributed by atoms with E-state index >= 15 is 0 Å². The second-order valence-electron chi connectivity index (χ2n) is 3.30. The van der Waals surface area contributed by atoms with Crippen molar-refractivity contribution < 1.29 is 24.2 Å². The van der Waals surface area contributed by atoms with E-state index < -0.39 is 18.0 Å². The molecule has 96 valence electrons. The molecule has 2 amide bonds. The van der Waals surface area contributed by atoms with Crippen molar-refractivity contribution in [2.45, 2.75) is 0 Å². The van der Waals surface area contributed by atoms with Gasteiger partial charge in [-0.2, -0.15) is 0 Å². The lowest BCUT2D eigenvalue weighted by molar-refractivity contribution is 0.0600. The number of carbonyl (C=O) groups is 3. The second kappa shape index (κ2) is 5.67. The molecule has 18 heavy (non-hydrogen) atoms. The standard InChI is InChI=1S/C11H12N2O5/c1-12-11(17)13-8-4-6(9(14)15)3-7(5-8)10(16)18-2/h3-5H,1-2H3,(H,14,15)(H2,12,13,17). The molecule has 3 N–H and O–H groups in total. The predicted octanol–water partition coefficient (Wildman–Crippen LogP) is 0.923. The average molecular weight is 252 g/mol. The maximum Gasteiger partial charge on any atom is 0.337 e. The summed E-state index contributed by atoms with van der Waals surface area (Å²) < 4.78 is 4.50. The van der Waals surface area contributed by atoms with Gasteiger partial charge in [0.05, 0.1) is 18.2 Å². The van der Waals surface area contributed by atoms with Gasteiger partial charge in [0.1, 0.15) is 0 Å². The van der Waals surface area contributed by atoms with Crippen LogP contribution in [0.25, 0.3) is 0 Å². The Bertz CT molecular complexity index is 498. The first-order valence-corrected chi connectivity index (χ1v) is 4.93. The van der Waals surface area contributed by atoms with Crippen molar-refractivity contribution >= 4 is 23.7 Å². The molecular weight excluding hydrogens is 240 g/mol. The fourth-order valence-electron chi connectivity index (χ4n) is 1.25. The Morgan fingerprint density at radius 3 is 2.28 bits per heavy atom. The molecule has 0 aromatic heterocycles. The van der Waals surface area contributed by atoms with Crippen LogP contribution in [-0.4, -0.2) is 37.2 Å². The molecular formula is C11H12N2O5. The van der Waals surface area contributed by atoms with Gasteiger partial charge in [0.15, 0.2) is 0 Å². The fourth-order valence-corrected chi connectivity index (χ4v) is 1.25. The highest BCUT2D eigenvalue weighted by Crippen LogP contribution is 2.16. The molecule has 1 aromatic rings. The summed E-state index contributed by atoms with van der Waals surface area (Å²) in [5.74, 6) is -1.89. The number of ether oxygens (including phenoxy) is 1. The van der Waals surface area contributed by atoms with E-state index in [1.54, 1.807) is 0 Å². The van der Waals surface area contributed by atoms with Gasteiger partial charge in [-0.05, 0) is 18.2 Å². The number of carboxylic acids is 1. The van der Waals surface area contributed by atoms with Crippen LogP contribution >= 0.6 is 0 Å². The first-order chi connectivity index (χ1) is 8.47. The van der Waals surface area contributed by atoms with Gasteiger partial charge >= 0.3 is 18.0 Å². The minimum atomic E-state index is -1.21. The third-order valence-corrected chi connectivity index (χ3v) is 2.09. The number of urea groups is 1. The smallest absolute Gasteiger partial charge is 0.337 e. The van der Waals surface area contributed by atoms with Gasteiger partial charge in [0.2, 0.25) is 0 Å².